The van der Waals surface area contributed by atoms with Gasteiger partial charge >= 0.3 is 5.97 Å². The van der Waals surface area contributed by atoms with E-state index in [2.05, 4.69) is 5.32 Å². The van der Waals surface area contributed by atoms with Gasteiger partial charge in [0.2, 0.25) is 0 Å². The van der Waals surface area contributed by atoms with Crippen LogP contribution in [0.15, 0.2) is 5.38 Å². The number of carbonyl (C=O) groups is 2. The molecule has 1 amide bonds. The van der Waals surface area contributed by atoms with E-state index in [9.17, 15) is 14.7 Å². The van der Waals surface area contributed by atoms with Crippen LogP contribution >= 0.6 is 11.3 Å². The molecular formula is C18H25NO4S. The summed E-state index contributed by atoms with van der Waals surface area (Å²) in [7, 11) is 0. The number of ether oxygens (including phenoxy) is 1. The number of aryl methyl sites for hydroxylation is 1. The van der Waals surface area contributed by atoms with Crippen molar-refractivity contribution in [3.8, 4) is 0 Å². The number of hydrogen-bond acceptors (Lipinski definition) is 4. The van der Waals surface area contributed by atoms with Crippen LogP contribution in [0, 0.1) is 5.41 Å². The van der Waals surface area contributed by atoms with Gasteiger partial charge in [-0.1, -0.05) is 13.8 Å². The minimum atomic E-state index is -1.27. The van der Waals surface area contributed by atoms with E-state index < -0.39 is 16.9 Å². The molecule has 1 saturated carbocycles. The molecule has 0 saturated heterocycles. The summed E-state index contributed by atoms with van der Waals surface area (Å²) in [6.07, 6.45) is 4.33. The zero-order valence-corrected chi connectivity index (χ0v) is 15.3. The lowest BCUT2D eigenvalue weighted by molar-refractivity contribution is -0.190. The predicted molar refractivity (Wildman–Crippen MR) is 92.6 cm³/mol. The Morgan fingerprint density at radius 1 is 1.38 bits per heavy atom. The number of fused-ring (bicyclic) bond motifs is 1. The maximum absolute atomic E-state index is 12.8. The van der Waals surface area contributed by atoms with Crippen LogP contribution in [0.2, 0.25) is 0 Å². The van der Waals surface area contributed by atoms with Crippen LogP contribution in [0.3, 0.4) is 0 Å². The Kier molecular flexibility index (Phi) is 4.47. The van der Waals surface area contributed by atoms with Crippen molar-refractivity contribution in [1.29, 1.82) is 0 Å². The molecule has 0 spiro atoms. The minimum Gasteiger partial charge on any atom is -0.479 e. The third-order valence-electron chi connectivity index (χ3n) is 5.76. The summed E-state index contributed by atoms with van der Waals surface area (Å²) in [5.74, 6) is -1.25. The SMILES string of the molecule is CCOC1CC(NC(=O)c2csc3c2CCCC3)(C(=O)O)C1(C)C. The smallest absolute Gasteiger partial charge is 0.330 e. The molecule has 132 valence electrons. The van der Waals surface area contributed by atoms with Crippen LogP contribution in [-0.4, -0.2) is 35.2 Å². The first-order chi connectivity index (χ1) is 11.3. The van der Waals surface area contributed by atoms with Crippen molar-refractivity contribution < 1.29 is 19.4 Å². The molecule has 1 heterocycles. The summed E-state index contributed by atoms with van der Waals surface area (Å²) in [6.45, 7) is 6.14. The van der Waals surface area contributed by atoms with Crippen molar-refractivity contribution in [3.63, 3.8) is 0 Å². The first-order valence-electron chi connectivity index (χ1n) is 8.60. The second-order valence-corrected chi connectivity index (χ2v) is 8.26. The fourth-order valence-electron chi connectivity index (χ4n) is 3.98. The summed E-state index contributed by atoms with van der Waals surface area (Å²) >= 11 is 1.62. The van der Waals surface area contributed by atoms with Crippen LogP contribution in [0.1, 0.15) is 60.8 Å². The quantitative estimate of drug-likeness (QED) is 0.855. The number of carboxylic acids is 1. The summed E-state index contributed by atoms with van der Waals surface area (Å²) in [5.41, 5.74) is -0.151. The highest BCUT2D eigenvalue weighted by molar-refractivity contribution is 7.10. The second-order valence-electron chi connectivity index (χ2n) is 7.29. The molecule has 0 aliphatic heterocycles. The fraction of sp³-hybridized carbons (Fsp3) is 0.667. The molecule has 2 unspecified atom stereocenters. The van der Waals surface area contributed by atoms with E-state index in [-0.39, 0.29) is 12.0 Å². The van der Waals surface area contributed by atoms with Crippen molar-refractivity contribution in [2.24, 2.45) is 5.41 Å². The molecule has 3 rings (SSSR count). The van der Waals surface area contributed by atoms with Gasteiger partial charge in [0, 0.05) is 28.7 Å². The Bertz CT molecular complexity index is 666. The molecule has 0 aromatic carbocycles. The molecule has 5 nitrogen and oxygen atoms in total. The van der Waals surface area contributed by atoms with E-state index in [1.807, 2.05) is 26.2 Å². The van der Waals surface area contributed by atoms with E-state index in [1.165, 1.54) is 4.88 Å². The van der Waals surface area contributed by atoms with Crippen LogP contribution < -0.4 is 5.32 Å². The molecule has 1 aromatic heterocycles. The summed E-state index contributed by atoms with van der Waals surface area (Å²) < 4.78 is 5.65. The number of amides is 1. The Morgan fingerprint density at radius 3 is 2.71 bits per heavy atom. The van der Waals surface area contributed by atoms with Gasteiger partial charge in [0.1, 0.15) is 5.54 Å². The number of aliphatic carboxylic acids is 1. The maximum atomic E-state index is 12.8. The molecule has 2 aliphatic rings. The Labute approximate surface area is 146 Å². The van der Waals surface area contributed by atoms with Gasteiger partial charge in [-0.15, -0.1) is 11.3 Å². The van der Waals surface area contributed by atoms with Gasteiger partial charge in [0.05, 0.1) is 11.7 Å². The predicted octanol–water partition coefficient (Wildman–Crippen LogP) is 3.02. The van der Waals surface area contributed by atoms with Crippen molar-refractivity contribution in [3.05, 3.63) is 21.4 Å². The van der Waals surface area contributed by atoms with E-state index >= 15 is 0 Å². The van der Waals surface area contributed by atoms with E-state index in [0.717, 1.165) is 31.2 Å². The molecule has 0 radical (unpaired) electrons. The van der Waals surface area contributed by atoms with Crippen molar-refractivity contribution in [1.82, 2.24) is 5.32 Å². The van der Waals surface area contributed by atoms with Crippen molar-refractivity contribution in [2.75, 3.05) is 6.61 Å². The lowest BCUT2D eigenvalue weighted by Crippen LogP contribution is -2.76. The Balaban J connectivity index is 1.84. The number of carboxylic acid groups (broad SMARTS) is 1. The number of carbonyl (C=O) groups excluding carboxylic acids is 1. The molecule has 0 bridgehead atoms. The standard InChI is InChI=1S/C18H25NO4S/c1-4-23-14-9-18(16(21)22,17(14,2)3)19-15(20)12-10-24-13-8-6-5-7-11(12)13/h10,14H,4-9H2,1-3H3,(H,19,20)(H,21,22). The van der Waals surface area contributed by atoms with Gasteiger partial charge in [-0.25, -0.2) is 4.79 Å². The first kappa shape index (κ1) is 17.4. The van der Waals surface area contributed by atoms with Crippen LogP contribution in [0.4, 0.5) is 0 Å². The number of hydrogen-bond donors (Lipinski definition) is 2. The summed E-state index contributed by atoms with van der Waals surface area (Å²) in [5, 5.41) is 14.6. The lowest BCUT2D eigenvalue weighted by Gasteiger charge is -2.58. The summed E-state index contributed by atoms with van der Waals surface area (Å²) in [6, 6.07) is 0. The molecule has 2 aliphatic carbocycles. The van der Waals surface area contributed by atoms with Gasteiger partial charge in [-0.05, 0) is 38.2 Å². The van der Waals surface area contributed by atoms with Gasteiger partial charge < -0.3 is 15.2 Å². The number of nitrogens with one attached hydrogen (secondary N) is 1. The topological polar surface area (TPSA) is 75.6 Å². The summed E-state index contributed by atoms with van der Waals surface area (Å²) in [4.78, 5) is 26.1. The highest BCUT2D eigenvalue weighted by Crippen LogP contribution is 2.51. The molecular weight excluding hydrogens is 326 g/mol. The molecule has 1 fully saturated rings. The fourth-order valence-corrected chi connectivity index (χ4v) is 5.11. The molecule has 6 heteroatoms. The molecule has 2 N–H and O–H groups in total. The number of rotatable bonds is 5. The van der Waals surface area contributed by atoms with Gasteiger partial charge in [0.15, 0.2) is 0 Å². The molecule has 24 heavy (non-hydrogen) atoms. The van der Waals surface area contributed by atoms with Gasteiger partial charge in [-0.2, -0.15) is 0 Å². The largest absolute Gasteiger partial charge is 0.479 e. The Morgan fingerprint density at radius 2 is 2.08 bits per heavy atom. The van der Waals surface area contributed by atoms with Crippen molar-refractivity contribution in [2.45, 2.75) is 64.5 Å². The molecule has 2 atom stereocenters. The van der Waals surface area contributed by atoms with E-state index in [1.54, 1.807) is 11.3 Å². The number of thiophene rings is 1. The average molecular weight is 351 g/mol. The highest BCUT2D eigenvalue weighted by atomic mass is 32.1. The van der Waals surface area contributed by atoms with Crippen molar-refractivity contribution >= 4 is 23.2 Å². The van der Waals surface area contributed by atoms with Crippen LogP contribution in [0.25, 0.3) is 0 Å². The van der Waals surface area contributed by atoms with Crippen LogP contribution in [-0.2, 0) is 22.4 Å². The minimum absolute atomic E-state index is 0.157. The monoisotopic (exact) mass is 351 g/mol. The first-order valence-corrected chi connectivity index (χ1v) is 9.48. The Hall–Kier alpha value is -1.40. The van der Waals surface area contributed by atoms with Crippen LogP contribution in [0.5, 0.6) is 0 Å². The zero-order chi connectivity index (χ0) is 17.5. The van der Waals surface area contributed by atoms with E-state index in [0.29, 0.717) is 18.6 Å². The normalized spacial score (nSPS) is 27.9. The second kappa shape index (κ2) is 6.15. The van der Waals surface area contributed by atoms with Gasteiger partial charge in [0.25, 0.3) is 5.91 Å². The average Bonchev–Trinajstić information content (AvgIpc) is 2.97. The highest BCUT2D eigenvalue weighted by Gasteiger charge is 2.66. The zero-order valence-electron chi connectivity index (χ0n) is 14.5. The van der Waals surface area contributed by atoms with E-state index in [4.69, 9.17) is 4.74 Å². The molecule has 1 aromatic rings. The third-order valence-corrected chi connectivity index (χ3v) is 6.85. The van der Waals surface area contributed by atoms with Gasteiger partial charge in [-0.3, -0.25) is 4.79 Å². The third kappa shape index (κ3) is 2.47. The maximum Gasteiger partial charge on any atom is 0.330 e. The lowest BCUT2D eigenvalue weighted by atomic mass is 9.54.